The molecule has 132 valence electrons. The molecule has 1 aromatic carbocycles. The highest BCUT2D eigenvalue weighted by Crippen LogP contribution is 2.28. The molecule has 0 heterocycles. The first kappa shape index (κ1) is 18.5. The molecule has 0 spiro atoms. The maximum atomic E-state index is 5.70. The molecular formula is C18H27N3O2S. The summed E-state index contributed by atoms with van der Waals surface area (Å²) < 4.78 is 11.1. The highest BCUT2D eigenvalue weighted by atomic mass is 32.1. The number of nitrogens with zero attached hydrogens (tertiary/aromatic N) is 1. The molecule has 0 bridgehead atoms. The van der Waals surface area contributed by atoms with Crippen molar-refractivity contribution in [2.75, 3.05) is 7.11 Å². The van der Waals surface area contributed by atoms with Crippen molar-refractivity contribution in [3.8, 4) is 11.5 Å². The molecule has 5 nitrogen and oxygen atoms in total. The predicted octanol–water partition coefficient (Wildman–Crippen LogP) is 3.61. The summed E-state index contributed by atoms with van der Waals surface area (Å²) in [6, 6.07) is 6.18. The topological polar surface area (TPSA) is 54.9 Å². The molecular weight excluding hydrogens is 322 g/mol. The molecule has 0 aliphatic heterocycles. The largest absolute Gasteiger partial charge is 0.493 e. The van der Waals surface area contributed by atoms with E-state index in [4.69, 9.17) is 21.7 Å². The van der Waals surface area contributed by atoms with Gasteiger partial charge in [0.15, 0.2) is 16.6 Å². The minimum Gasteiger partial charge on any atom is -0.493 e. The van der Waals surface area contributed by atoms with Crippen LogP contribution in [0.25, 0.3) is 0 Å². The SMILES string of the molecule is COc1cc(/C=N/NC(=S)NC2CCCCC2)ccc1OC(C)C. The van der Waals surface area contributed by atoms with Gasteiger partial charge < -0.3 is 14.8 Å². The molecule has 2 rings (SSSR count). The molecule has 1 aliphatic rings. The van der Waals surface area contributed by atoms with Gasteiger partial charge >= 0.3 is 0 Å². The molecule has 0 saturated heterocycles. The van der Waals surface area contributed by atoms with Crippen LogP contribution in [0.1, 0.15) is 51.5 Å². The third kappa shape index (κ3) is 6.00. The molecule has 0 amide bonds. The molecule has 0 aromatic heterocycles. The van der Waals surface area contributed by atoms with Crippen LogP contribution in [0.2, 0.25) is 0 Å². The summed E-state index contributed by atoms with van der Waals surface area (Å²) in [6.45, 7) is 3.97. The second-order valence-electron chi connectivity index (χ2n) is 6.26. The molecule has 0 unspecified atom stereocenters. The summed E-state index contributed by atoms with van der Waals surface area (Å²) in [5, 5.41) is 8.09. The van der Waals surface area contributed by atoms with E-state index < -0.39 is 0 Å². The number of thiocarbonyl (C=S) groups is 1. The van der Waals surface area contributed by atoms with Crippen LogP contribution in [0.4, 0.5) is 0 Å². The van der Waals surface area contributed by atoms with Crippen molar-refractivity contribution in [1.29, 1.82) is 0 Å². The summed E-state index contributed by atoms with van der Waals surface area (Å²) in [7, 11) is 1.63. The lowest BCUT2D eigenvalue weighted by molar-refractivity contribution is 0.230. The smallest absolute Gasteiger partial charge is 0.187 e. The van der Waals surface area contributed by atoms with Crippen LogP contribution >= 0.6 is 12.2 Å². The molecule has 1 fully saturated rings. The number of methoxy groups -OCH3 is 1. The van der Waals surface area contributed by atoms with E-state index in [-0.39, 0.29) is 6.10 Å². The molecule has 0 radical (unpaired) electrons. The number of hydrogen-bond acceptors (Lipinski definition) is 4. The van der Waals surface area contributed by atoms with E-state index in [0.29, 0.717) is 16.9 Å². The molecule has 6 heteroatoms. The first-order valence-electron chi connectivity index (χ1n) is 8.52. The van der Waals surface area contributed by atoms with Gasteiger partial charge in [-0.15, -0.1) is 0 Å². The van der Waals surface area contributed by atoms with Gasteiger partial charge in [-0.3, -0.25) is 5.43 Å². The lowest BCUT2D eigenvalue weighted by atomic mass is 9.96. The van der Waals surface area contributed by atoms with E-state index in [2.05, 4.69) is 15.8 Å². The lowest BCUT2D eigenvalue weighted by Gasteiger charge is -2.23. The molecule has 2 N–H and O–H groups in total. The maximum absolute atomic E-state index is 5.70. The van der Waals surface area contributed by atoms with Crippen LogP contribution in [0, 0.1) is 0 Å². The standard InChI is InChI=1S/C18H27N3O2S/c1-13(2)23-16-10-9-14(11-17(16)22-3)12-19-21-18(24)20-15-7-5-4-6-8-15/h9-13,15H,4-8H2,1-3H3,(H2,20,21,24)/b19-12+. The van der Waals surface area contributed by atoms with Gasteiger partial charge in [0, 0.05) is 6.04 Å². The van der Waals surface area contributed by atoms with Crippen LogP contribution < -0.4 is 20.2 Å². The fourth-order valence-corrected chi connectivity index (χ4v) is 2.97. The van der Waals surface area contributed by atoms with Crippen LogP contribution in [-0.2, 0) is 0 Å². The Labute approximate surface area is 149 Å². The van der Waals surface area contributed by atoms with Crippen molar-refractivity contribution < 1.29 is 9.47 Å². The number of nitrogens with one attached hydrogen (secondary N) is 2. The normalized spacial score (nSPS) is 15.5. The summed E-state index contributed by atoms with van der Waals surface area (Å²) in [5.41, 5.74) is 3.79. The van der Waals surface area contributed by atoms with E-state index in [1.807, 2.05) is 32.0 Å². The minimum atomic E-state index is 0.100. The second-order valence-corrected chi connectivity index (χ2v) is 6.66. The minimum absolute atomic E-state index is 0.100. The highest BCUT2D eigenvalue weighted by Gasteiger charge is 2.13. The van der Waals surface area contributed by atoms with Gasteiger partial charge in [-0.05, 0) is 62.7 Å². The Morgan fingerprint density at radius 3 is 2.67 bits per heavy atom. The fraction of sp³-hybridized carbons (Fsp3) is 0.556. The van der Waals surface area contributed by atoms with Gasteiger partial charge in [-0.25, -0.2) is 0 Å². The maximum Gasteiger partial charge on any atom is 0.187 e. The Balaban J connectivity index is 1.87. The molecule has 1 aromatic rings. The van der Waals surface area contributed by atoms with Crippen LogP contribution in [-0.4, -0.2) is 30.6 Å². The number of benzene rings is 1. The van der Waals surface area contributed by atoms with E-state index >= 15 is 0 Å². The molecule has 1 aliphatic carbocycles. The van der Waals surface area contributed by atoms with Crippen molar-refractivity contribution in [2.45, 2.75) is 58.1 Å². The van der Waals surface area contributed by atoms with Crippen molar-refractivity contribution in [3.05, 3.63) is 23.8 Å². The van der Waals surface area contributed by atoms with Gasteiger partial charge in [0.1, 0.15) is 0 Å². The van der Waals surface area contributed by atoms with E-state index in [1.165, 1.54) is 32.1 Å². The van der Waals surface area contributed by atoms with Gasteiger partial charge in [0.25, 0.3) is 0 Å². The molecule has 0 atom stereocenters. The van der Waals surface area contributed by atoms with Crippen molar-refractivity contribution >= 4 is 23.5 Å². The first-order chi connectivity index (χ1) is 11.6. The zero-order valence-electron chi connectivity index (χ0n) is 14.7. The number of hydrogen-bond donors (Lipinski definition) is 2. The zero-order chi connectivity index (χ0) is 17.4. The molecule has 24 heavy (non-hydrogen) atoms. The van der Waals surface area contributed by atoms with Gasteiger partial charge in [0.05, 0.1) is 19.4 Å². The Hall–Kier alpha value is -1.82. The monoisotopic (exact) mass is 349 g/mol. The Morgan fingerprint density at radius 2 is 2.00 bits per heavy atom. The lowest BCUT2D eigenvalue weighted by Crippen LogP contribution is -2.40. The van der Waals surface area contributed by atoms with Crippen LogP contribution in [0.5, 0.6) is 11.5 Å². The van der Waals surface area contributed by atoms with Gasteiger partial charge in [0.2, 0.25) is 0 Å². The quantitative estimate of drug-likeness (QED) is 0.467. The number of ether oxygens (including phenoxy) is 2. The summed E-state index contributed by atoms with van der Waals surface area (Å²) in [6.07, 6.45) is 8.05. The molecule has 1 saturated carbocycles. The van der Waals surface area contributed by atoms with Gasteiger partial charge in [-0.2, -0.15) is 5.10 Å². The predicted molar refractivity (Wildman–Crippen MR) is 102 cm³/mol. The average Bonchev–Trinajstić information content (AvgIpc) is 2.56. The number of hydrazone groups is 1. The van der Waals surface area contributed by atoms with Gasteiger partial charge in [-0.1, -0.05) is 19.3 Å². The van der Waals surface area contributed by atoms with E-state index in [0.717, 1.165) is 11.3 Å². The van der Waals surface area contributed by atoms with E-state index in [9.17, 15) is 0 Å². The van der Waals surface area contributed by atoms with Crippen molar-refractivity contribution in [2.24, 2.45) is 5.10 Å². The van der Waals surface area contributed by atoms with Crippen LogP contribution in [0.15, 0.2) is 23.3 Å². The summed E-state index contributed by atoms with van der Waals surface area (Å²) >= 11 is 5.29. The van der Waals surface area contributed by atoms with Crippen molar-refractivity contribution in [1.82, 2.24) is 10.7 Å². The Bertz CT molecular complexity index is 569. The first-order valence-corrected chi connectivity index (χ1v) is 8.93. The summed E-state index contributed by atoms with van der Waals surface area (Å²) in [5.74, 6) is 1.42. The Morgan fingerprint density at radius 1 is 1.25 bits per heavy atom. The van der Waals surface area contributed by atoms with E-state index in [1.54, 1.807) is 13.3 Å². The second kappa shape index (κ2) is 9.47. The summed E-state index contributed by atoms with van der Waals surface area (Å²) in [4.78, 5) is 0. The highest BCUT2D eigenvalue weighted by molar-refractivity contribution is 7.80. The van der Waals surface area contributed by atoms with Crippen LogP contribution in [0.3, 0.4) is 0 Å². The van der Waals surface area contributed by atoms with Crippen molar-refractivity contribution in [3.63, 3.8) is 0 Å². The number of rotatable bonds is 6. The third-order valence-corrected chi connectivity index (χ3v) is 4.08. The Kier molecular flexibility index (Phi) is 7.31. The average molecular weight is 350 g/mol. The fourth-order valence-electron chi connectivity index (χ4n) is 2.75. The zero-order valence-corrected chi connectivity index (χ0v) is 15.5. The third-order valence-electron chi connectivity index (χ3n) is 3.87.